The van der Waals surface area contributed by atoms with Gasteiger partial charge in [0, 0.05) is 50.0 Å². The molecule has 5 nitrogen and oxygen atoms in total. The molecule has 1 amide bonds. The van der Waals surface area contributed by atoms with Crippen LogP contribution in [0.2, 0.25) is 0 Å². The summed E-state index contributed by atoms with van der Waals surface area (Å²) in [5.41, 5.74) is 3.06. The van der Waals surface area contributed by atoms with Crippen molar-refractivity contribution in [2.45, 2.75) is 59.8 Å². The van der Waals surface area contributed by atoms with Crippen molar-refractivity contribution in [2.24, 2.45) is 5.41 Å². The van der Waals surface area contributed by atoms with Crippen LogP contribution in [0.3, 0.4) is 0 Å². The number of halogens is 2. The van der Waals surface area contributed by atoms with E-state index in [2.05, 4.69) is 50.2 Å². The zero-order chi connectivity index (χ0) is 25.1. The highest BCUT2D eigenvalue weighted by molar-refractivity contribution is 5.68. The Morgan fingerprint density at radius 1 is 1.21 bits per heavy atom. The second kappa shape index (κ2) is 13.4. The van der Waals surface area contributed by atoms with Crippen LogP contribution in [-0.4, -0.2) is 55.7 Å². The maximum atomic E-state index is 13.9. The Kier molecular flexibility index (Phi) is 10.9. The van der Waals surface area contributed by atoms with Gasteiger partial charge in [-0.2, -0.15) is 0 Å². The molecule has 0 bridgehead atoms. The molecule has 7 heteroatoms. The predicted molar refractivity (Wildman–Crippen MR) is 134 cm³/mol. The SMILES string of the molecule is CCCC(C)(C)/C(=C\CNC1=C/CC/C=C(F)/C(F)=C\1)N(C)CC1=CCN(C(=O)OCC)CC1. The Labute approximate surface area is 203 Å². The molecular weight excluding hydrogens is 436 g/mol. The van der Waals surface area contributed by atoms with Crippen molar-refractivity contribution < 1.29 is 18.3 Å². The van der Waals surface area contributed by atoms with Gasteiger partial charge in [-0.3, -0.25) is 0 Å². The quantitative estimate of drug-likeness (QED) is 0.370. The topological polar surface area (TPSA) is 44.8 Å². The van der Waals surface area contributed by atoms with E-state index in [0.717, 1.165) is 25.8 Å². The van der Waals surface area contributed by atoms with Crippen LogP contribution in [0.5, 0.6) is 0 Å². The Hall–Kier alpha value is -2.57. The predicted octanol–water partition coefficient (Wildman–Crippen LogP) is 6.39. The molecule has 0 atom stereocenters. The van der Waals surface area contributed by atoms with E-state index in [1.807, 2.05) is 13.0 Å². The van der Waals surface area contributed by atoms with Crippen LogP contribution in [0.1, 0.15) is 59.8 Å². The minimum absolute atomic E-state index is 0.0391. The molecule has 0 saturated heterocycles. The Morgan fingerprint density at radius 3 is 2.59 bits per heavy atom. The smallest absolute Gasteiger partial charge is 0.410 e. The molecule has 1 N–H and O–H groups in total. The molecule has 2 rings (SSSR count). The third-order valence-corrected chi connectivity index (χ3v) is 6.22. The van der Waals surface area contributed by atoms with Crippen molar-refractivity contribution in [3.8, 4) is 0 Å². The van der Waals surface area contributed by atoms with Crippen molar-refractivity contribution in [1.29, 1.82) is 0 Å². The first-order valence-corrected chi connectivity index (χ1v) is 12.4. The Morgan fingerprint density at radius 2 is 1.94 bits per heavy atom. The van der Waals surface area contributed by atoms with E-state index < -0.39 is 11.7 Å². The molecule has 0 radical (unpaired) electrons. The van der Waals surface area contributed by atoms with Crippen LogP contribution >= 0.6 is 0 Å². The molecule has 0 aromatic rings. The average Bonchev–Trinajstić information content (AvgIpc) is 2.78. The summed E-state index contributed by atoms with van der Waals surface area (Å²) in [6.07, 6.45) is 12.5. The summed E-state index contributed by atoms with van der Waals surface area (Å²) in [4.78, 5) is 16.0. The van der Waals surface area contributed by atoms with Crippen molar-refractivity contribution in [3.63, 3.8) is 0 Å². The summed E-state index contributed by atoms with van der Waals surface area (Å²) in [5, 5.41) is 3.25. The number of nitrogens with one attached hydrogen (secondary N) is 1. The van der Waals surface area contributed by atoms with Gasteiger partial charge in [0.1, 0.15) is 0 Å². The minimum Gasteiger partial charge on any atom is -0.450 e. The summed E-state index contributed by atoms with van der Waals surface area (Å²) in [7, 11) is 2.09. The molecule has 34 heavy (non-hydrogen) atoms. The molecule has 0 aromatic heterocycles. The summed E-state index contributed by atoms with van der Waals surface area (Å²) < 4.78 is 32.7. The fourth-order valence-corrected chi connectivity index (χ4v) is 4.53. The van der Waals surface area contributed by atoms with E-state index in [1.54, 1.807) is 4.90 Å². The van der Waals surface area contributed by atoms with Crippen molar-refractivity contribution in [2.75, 3.05) is 39.8 Å². The van der Waals surface area contributed by atoms with Crippen LogP contribution in [0.4, 0.5) is 13.6 Å². The maximum absolute atomic E-state index is 13.9. The lowest BCUT2D eigenvalue weighted by molar-refractivity contribution is 0.110. The fourth-order valence-electron chi connectivity index (χ4n) is 4.53. The van der Waals surface area contributed by atoms with E-state index in [9.17, 15) is 13.6 Å². The number of hydrogen-bond acceptors (Lipinski definition) is 4. The van der Waals surface area contributed by atoms with Gasteiger partial charge in [0.15, 0.2) is 11.7 Å². The van der Waals surface area contributed by atoms with E-state index in [1.165, 1.54) is 23.4 Å². The molecule has 0 unspecified atom stereocenters. The third kappa shape index (κ3) is 8.33. The van der Waals surface area contributed by atoms with E-state index in [4.69, 9.17) is 4.74 Å². The lowest BCUT2D eigenvalue weighted by Crippen LogP contribution is -2.37. The number of carbonyl (C=O) groups excluding carboxylic acids is 1. The van der Waals surface area contributed by atoms with E-state index >= 15 is 0 Å². The summed E-state index contributed by atoms with van der Waals surface area (Å²) >= 11 is 0. The molecule has 1 heterocycles. The number of ether oxygens (including phenoxy) is 1. The highest BCUT2D eigenvalue weighted by Crippen LogP contribution is 2.34. The fraction of sp³-hybridized carbons (Fsp3) is 0.593. The second-order valence-corrected chi connectivity index (χ2v) is 9.50. The van der Waals surface area contributed by atoms with Gasteiger partial charge in [-0.05, 0) is 50.8 Å². The molecule has 1 aliphatic carbocycles. The summed E-state index contributed by atoms with van der Waals surface area (Å²) in [6, 6.07) is 0. The molecule has 0 aromatic carbocycles. The Balaban J connectivity index is 2.09. The highest BCUT2D eigenvalue weighted by Gasteiger charge is 2.26. The van der Waals surface area contributed by atoms with Crippen molar-refractivity contribution in [1.82, 2.24) is 15.1 Å². The normalized spacial score (nSPS) is 22.2. The van der Waals surface area contributed by atoms with Gasteiger partial charge in [0.2, 0.25) is 0 Å². The van der Waals surface area contributed by atoms with Crippen LogP contribution < -0.4 is 5.32 Å². The van der Waals surface area contributed by atoms with Gasteiger partial charge < -0.3 is 19.9 Å². The highest BCUT2D eigenvalue weighted by atomic mass is 19.2. The molecule has 1 aliphatic heterocycles. The lowest BCUT2D eigenvalue weighted by atomic mass is 9.83. The molecule has 0 fully saturated rings. The first-order valence-electron chi connectivity index (χ1n) is 12.4. The zero-order valence-corrected chi connectivity index (χ0v) is 21.4. The van der Waals surface area contributed by atoms with Crippen LogP contribution in [-0.2, 0) is 4.74 Å². The number of hydrogen-bond donors (Lipinski definition) is 1. The third-order valence-electron chi connectivity index (χ3n) is 6.22. The standard InChI is InChI=1S/C27H41F2N3O2/c1-6-15-27(3,4)25(12-16-30-22-10-8-9-11-23(28)24(29)19-22)31(5)20-21-13-17-32(18-14-21)26(33)34-7-2/h10-13,19,30H,6-9,14-18,20H2,1-5H3/b22-10+,23-11-,24-19+,25-12+. The molecular formula is C27H41F2N3O2. The first kappa shape index (κ1) is 27.7. The van der Waals surface area contributed by atoms with Gasteiger partial charge in [0.05, 0.1) is 6.61 Å². The number of allylic oxidation sites excluding steroid dienone is 6. The van der Waals surface area contributed by atoms with E-state index in [-0.39, 0.29) is 11.5 Å². The number of likely N-dealkylation sites (N-methyl/N-ethyl adjacent to an activating group) is 1. The largest absolute Gasteiger partial charge is 0.450 e. The average molecular weight is 478 g/mol. The van der Waals surface area contributed by atoms with Crippen LogP contribution in [0.25, 0.3) is 0 Å². The molecule has 0 saturated carbocycles. The van der Waals surface area contributed by atoms with Crippen molar-refractivity contribution >= 4 is 6.09 Å². The second-order valence-electron chi connectivity index (χ2n) is 9.50. The first-order chi connectivity index (χ1) is 16.2. The van der Waals surface area contributed by atoms with Gasteiger partial charge in [0.25, 0.3) is 0 Å². The summed E-state index contributed by atoms with van der Waals surface area (Å²) in [6.45, 7) is 11.4. The van der Waals surface area contributed by atoms with Crippen LogP contribution in [0.15, 0.2) is 59.0 Å². The van der Waals surface area contributed by atoms with Crippen LogP contribution in [0, 0.1) is 5.41 Å². The van der Waals surface area contributed by atoms with Crippen molar-refractivity contribution in [3.05, 3.63) is 59.0 Å². The van der Waals surface area contributed by atoms with Gasteiger partial charge in [-0.15, -0.1) is 0 Å². The summed E-state index contributed by atoms with van der Waals surface area (Å²) in [5.74, 6) is -1.64. The Bertz CT molecular complexity index is 856. The number of rotatable bonds is 10. The minimum atomic E-state index is -0.841. The maximum Gasteiger partial charge on any atom is 0.410 e. The molecule has 190 valence electrons. The van der Waals surface area contributed by atoms with Gasteiger partial charge >= 0.3 is 6.09 Å². The van der Waals surface area contributed by atoms with Gasteiger partial charge in [-0.1, -0.05) is 44.9 Å². The number of carbonyl (C=O) groups is 1. The zero-order valence-electron chi connectivity index (χ0n) is 21.4. The number of nitrogens with zero attached hydrogens (tertiary/aromatic N) is 2. The molecule has 2 aliphatic rings. The molecule has 0 spiro atoms. The van der Waals surface area contributed by atoms with Gasteiger partial charge in [-0.25, -0.2) is 13.6 Å². The monoisotopic (exact) mass is 477 g/mol. The lowest BCUT2D eigenvalue weighted by Gasteiger charge is -2.37. The number of amides is 1. The van der Waals surface area contributed by atoms with E-state index in [0.29, 0.717) is 44.8 Å².